The lowest BCUT2D eigenvalue weighted by atomic mass is 10.2. The molecule has 3 rings (SSSR count). The monoisotopic (exact) mass is 497 g/mol. The summed E-state index contributed by atoms with van der Waals surface area (Å²) in [7, 11) is 0. The molecule has 0 bridgehead atoms. The minimum Gasteiger partial charge on any atom is -0.452 e. The smallest absolute Gasteiger partial charge is 0.338 e. The average Bonchev–Trinajstić information content (AvgIpc) is 2.96. The van der Waals surface area contributed by atoms with E-state index >= 15 is 0 Å². The van der Waals surface area contributed by atoms with Gasteiger partial charge in [0.2, 0.25) is 0 Å². The Kier molecular flexibility index (Phi) is 6.52. The van der Waals surface area contributed by atoms with Crippen LogP contribution in [0.25, 0.3) is 5.69 Å². The number of hydrogen-bond donors (Lipinski definition) is 1. The number of carbonyl (C=O) groups is 2. The highest BCUT2D eigenvalue weighted by molar-refractivity contribution is 9.10. The molecule has 1 amide bonds. The number of benzene rings is 2. The van der Waals surface area contributed by atoms with E-state index in [1.165, 1.54) is 12.1 Å². The number of halogens is 4. The highest BCUT2D eigenvalue weighted by atomic mass is 79.9. The van der Waals surface area contributed by atoms with Gasteiger partial charge in [-0.1, -0.05) is 11.6 Å². The molecule has 10 heteroatoms. The van der Waals surface area contributed by atoms with E-state index in [4.69, 9.17) is 16.3 Å². The van der Waals surface area contributed by atoms with E-state index in [2.05, 4.69) is 26.3 Å². The van der Waals surface area contributed by atoms with E-state index in [0.29, 0.717) is 22.5 Å². The molecule has 0 saturated heterocycles. The lowest BCUT2D eigenvalue weighted by molar-refractivity contribution is -0.119. The Hall–Kier alpha value is -2.78. The van der Waals surface area contributed by atoms with Crippen LogP contribution in [0.5, 0.6) is 0 Å². The number of nitrogens with zero attached hydrogens (tertiary/aromatic N) is 2. The van der Waals surface area contributed by atoms with Gasteiger partial charge >= 0.3 is 5.97 Å². The van der Waals surface area contributed by atoms with Crippen molar-refractivity contribution in [3.05, 3.63) is 74.5 Å². The molecule has 6 nitrogen and oxygen atoms in total. The van der Waals surface area contributed by atoms with Gasteiger partial charge in [-0.25, -0.2) is 18.3 Å². The first-order chi connectivity index (χ1) is 14.2. The highest BCUT2D eigenvalue weighted by Crippen LogP contribution is 2.27. The molecular weight excluding hydrogens is 484 g/mol. The fourth-order valence-electron chi connectivity index (χ4n) is 2.67. The molecule has 3 aromatic rings. The zero-order valence-corrected chi connectivity index (χ0v) is 18.1. The van der Waals surface area contributed by atoms with E-state index in [0.717, 1.165) is 11.8 Å². The fourth-order valence-corrected chi connectivity index (χ4v) is 3.29. The molecule has 1 aromatic heterocycles. The molecule has 0 spiro atoms. The summed E-state index contributed by atoms with van der Waals surface area (Å²) in [5.74, 6) is -3.26. The van der Waals surface area contributed by atoms with Crippen LogP contribution in [0, 0.1) is 25.5 Å². The summed E-state index contributed by atoms with van der Waals surface area (Å²) >= 11 is 9.11. The molecule has 0 atom stereocenters. The van der Waals surface area contributed by atoms with Crippen molar-refractivity contribution in [3.8, 4) is 5.69 Å². The van der Waals surface area contributed by atoms with E-state index in [-0.39, 0.29) is 15.7 Å². The number of amides is 1. The van der Waals surface area contributed by atoms with Gasteiger partial charge in [0, 0.05) is 10.5 Å². The molecule has 1 heterocycles. The molecule has 0 unspecified atom stereocenters. The van der Waals surface area contributed by atoms with Crippen molar-refractivity contribution in [3.63, 3.8) is 0 Å². The van der Waals surface area contributed by atoms with Crippen molar-refractivity contribution in [2.24, 2.45) is 0 Å². The standard InChI is InChI=1S/C20H15BrClF2N3O3/c1-10-18(22)11(2)27(26-10)14-5-3-12(4-6-14)20(29)30-9-17(28)25-19-15(21)7-13(23)8-16(19)24/h3-8H,9H2,1-2H3,(H,25,28). The van der Waals surface area contributed by atoms with Crippen LogP contribution in [-0.2, 0) is 9.53 Å². The van der Waals surface area contributed by atoms with Crippen LogP contribution in [-0.4, -0.2) is 28.3 Å². The molecule has 0 aliphatic heterocycles. The molecule has 1 N–H and O–H groups in total. The largest absolute Gasteiger partial charge is 0.452 e. The number of esters is 1. The van der Waals surface area contributed by atoms with Crippen LogP contribution >= 0.6 is 27.5 Å². The van der Waals surface area contributed by atoms with Crippen molar-refractivity contribution in [1.82, 2.24) is 9.78 Å². The lowest BCUT2D eigenvalue weighted by Crippen LogP contribution is -2.21. The number of hydrogen-bond acceptors (Lipinski definition) is 4. The maximum absolute atomic E-state index is 13.8. The number of nitrogens with one attached hydrogen (secondary N) is 1. The molecule has 2 aromatic carbocycles. The number of aryl methyl sites for hydroxylation is 1. The van der Waals surface area contributed by atoms with E-state index in [1.54, 1.807) is 23.7 Å². The van der Waals surface area contributed by atoms with E-state index in [1.807, 2.05) is 6.92 Å². The van der Waals surface area contributed by atoms with Crippen molar-refractivity contribution in [2.45, 2.75) is 13.8 Å². The van der Waals surface area contributed by atoms with Gasteiger partial charge in [0.1, 0.15) is 5.82 Å². The Labute approximate surface area is 183 Å². The van der Waals surface area contributed by atoms with Crippen molar-refractivity contribution < 1.29 is 23.1 Å². The maximum Gasteiger partial charge on any atom is 0.338 e. The van der Waals surface area contributed by atoms with Gasteiger partial charge in [-0.05, 0) is 60.1 Å². The third kappa shape index (κ3) is 4.68. The highest BCUT2D eigenvalue weighted by Gasteiger charge is 2.16. The first-order valence-corrected chi connectivity index (χ1v) is 9.78. The molecule has 30 heavy (non-hydrogen) atoms. The van der Waals surface area contributed by atoms with E-state index in [9.17, 15) is 18.4 Å². The van der Waals surface area contributed by atoms with Crippen molar-refractivity contribution in [1.29, 1.82) is 0 Å². The SMILES string of the molecule is Cc1nn(-c2ccc(C(=O)OCC(=O)Nc3c(F)cc(F)cc3Br)cc2)c(C)c1Cl. The van der Waals surface area contributed by atoms with Crippen LogP contribution in [0.2, 0.25) is 5.02 Å². The quantitative estimate of drug-likeness (QED) is 0.504. The van der Waals surface area contributed by atoms with Crippen LogP contribution in [0.1, 0.15) is 21.7 Å². The average molecular weight is 499 g/mol. The topological polar surface area (TPSA) is 73.2 Å². The fraction of sp³-hybridized carbons (Fsp3) is 0.150. The third-order valence-electron chi connectivity index (χ3n) is 4.16. The summed E-state index contributed by atoms with van der Waals surface area (Å²) in [4.78, 5) is 24.1. The predicted octanol–water partition coefficient (Wildman–Crippen LogP) is 4.98. The summed E-state index contributed by atoms with van der Waals surface area (Å²) in [5, 5.41) is 7.12. The van der Waals surface area contributed by atoms with Crippen LogP contribution in [0.3, 0.4) is 0 Å². The third-order valence-corrected chi connectivity index (χ3v) is 5.33. The zero-order chi connectivity index (χ0) is 22.0. The molecule has 0 saturated carbocycles. The van der Waals surface area contributed by atoms with Gasteiger partial charge in [-0.2, -0.15) is 5.10 Å². The molecule has 0 radical (unpaired) electrons. The molecule has 0 fully saturated rings. The Morgan fingerprint density at radius 1 is 1.20 bits per heavy atom. The summed E-state index contributed by atoms with van der Waals surface area (Å²) in [6.45, 7) is 2.97. The maximum atomic E-state index is 13.8. The Balaban J connectivity index is 1.62. The van der Waals surface area contributed by atoms with Crippen LogP contribution in [0.15, 0.2) is 40.9 Å². The molecule has 0 aliphatic carbocycles. The summed E-state index contributed by atoms with van der Waals surface area (Å²) < 4.78 is 33.5. The summed E-state index contributed by atoms with van der Waals surface area (Å²) in [6.07, 6.45) is 0. The second-order valence-corrected chi connectivity index (χ2v) is 7.54. The predicted molar refractivity (Wildman–Crippen MR) is 111 cm³/mol. The minimum atomic E-state index is -0.957. The number of rotatable bonds is 5. The van der Waals surface area contributed by atoms with Gasteiger partial charge in [-0.3, -0.25) is 4.79 Å². The minimum absolute atomic E-state index is 0.0273. The van der Waals surface area contributed by atoms with Gasteiger partial charge in [0.15, 0.2) is 12.4 Å². The van der Waals surface area contributed by atoms with Crippen molar-refractivity contribution >= 4 is 45.1 Å². The molecular formula is C20H15BrClF2N3O3. The summed E-state index contributed by atoms with van der Waals surface area (Å²) in [5.41, 5.74) is 2.13. The number of ether oxygens (including phenoxy) is 1. The normalized spacial score (nSPS) is 10.7. The summed E-state index contributed by atoms with van der Waals surface area (Å²) in [6, 6.07) is 8.01. The molecule has 156 valence electrons. The number of carbonyl (C=O) groups excluding carboxylic acids is 2. The zero-order valence-electron chi connectivity index (χ0n) is 15.8. The van der Waals surface area contributed by atoms with Gasteiger partial charge < -0.3 is 10.1 Å². The number of aromatic nitrogens is 2. The Morgan fingerprint density at radius 3 is 2.43 bits per heavy atom. The lowest BCUT2D eigenvalue weighted by Gasteiger charge is -2.10. The number of anilines is 1. The Bertz CT molecular complexity index is 1110. The second kappa shape index (κ2) is 8.93. The first-order valence-electron chi connectivity index (χ1n) is 8.61. The molecule has 0 aliphatic rings. The van der Waals surface area contributed by atoms with Crippen LogP contribution in [0.4, 0.5) is 14.5 Å². The van der Waals surface area contributed by atoms with Crippen molar-refractivity contribution in [2.75, 3.05) is 11.9 Å². The van der Waals surface area contributed by atoms with E-state index < -0.39 is 30.1 Å². The second-order valence-electron chi connectivity index (χ2n) is 6.31. The van der Waals surface area contributed by atoms with Gasteiger partial charge in [0.25, 0.3) is 5.91 Å². The van der Waals surface area contributed by atoms with Crippen LogP contribution < -0.4 is 5.32 Å². The van der Waals surface area contributed by atoms with Gasteiger partial charge in [0.05, 0.1) is 33.3 Å². The van der Waals surface area contributed by atoms with Gasteiger partial charge in [-0.15, -0.1) is 0 Å². The Morgan fingerprint density at radius 2 is 1.87 bits per heavy atom. The first kappa shape index (κ1) is 21.9.